The number of rotatable bonds is 7. The van der Waals surface area contributed by atoms with Gasteiger partial charge in [0.2, 0.25) is 5.91 Å². The molecule has 6 saturated carbocycles. The van der Waals surface area contributed by atoms with E-state index in [4.69, 9.17) is 4.98 Å². The molecule has 43 heavy (non-hydrogen) atoms. The summed E-state index contributed by atoms with van der Waals surface area (Å²) in [6.07, 6.45) is 5.82. The zero-order valence-electron chi connectivity index (χ0n) is 24.1. The van der Waals surface area contributed by atoms with Crippen molar-refractivity contribution in [1.29, 1.82) is 5.26 Å². The number of nitrogens with zero attached hydrogens (tertiary/aromatic N) is 4. The predicted octanol–water partition coefficient (Wildman–Crippen LogP) is 6.70. The topological polar surface area (TPSA) is 95.1 Å². The summed E-state index contributed by atoms with van der Waals surface area (Å²) >= 11 is 2.01. The summed E-state index contributed by atoms with van der Waals surface area (Å²) in [5, 5.41) is 21.5. The average Bonchev–Trinajstić information content (AvgIpc) is 3.69. The molecule has 11 rings (SSSR count). The molecule has 2 atom stereocenters. The fraction of sp³-hybridized carbons (Fsp3) is 0.429. The van der Waals surface area contributed by atoms with Gasteiger partial charge < -0.3 is 10.6 Å². The van der Waals surface area contributed by atoms with E-state index in [-0.39, 0.29) is 11.5 Å². The van der Waals surface area contributed by atoms with Crippen LogP contribution in [-0.4, -0.2) is 26.5 Å². The van der Waals surface area contributed by atoms with E-state index in [9.17, 15) is 10.1 Å². The van der Waals surface area contributed by atoms with Crippen LogP contribution in [0, 0.1) is 58.2 Å². The Kier molecular flexibility index (Phi) is 4.69. The maximum Gasteiger partial charge on any atom is 0.231 e. The van der Waals surface area contributed by atoms with Crippen molar-refractivity contribution in [2.45, 2.75) is 43.2 Å². The van der Waals surface area contributed by atoms with Gasteiger partial charge in [-0.15, -0.1) is 11.8 Å². The van der Waals surface area contributed by atoms with Gasteiger partial charge in [-0.2, -0.15) is 10.4 Å². The number of nitriles is 1. The Morgan fingerprint density at radius 1 is 1.00 bits per heavy atom. The van der Waals surface area contributed by atoms with Crippen LogP contribution in [0.3, 0.4) is 0 Å². The molecule has 8 heteroatoms. The molecule has 1 aromatic carbocycles. The highest BCUT2D eigenvalue weighted by Crippen LogP contribution is 3.05. The van der Waals surface area contributed by atoms with Crippen LogP contribution in [-0.2, 0) is 4.79 Å². The van der Waals surface area contributed by atoms with E-state index in [2.05, 4.69) is 66.0 Å². The molecule has 7 aliphatic rings. The quantitative estimate of drug-likeness (QED) is 0.251. The Balaban J connectivity index is 0.858. The second-order valence-corrected chi connectivity index (χ2v) is 15.4. The largest absolute Gasteiger partial charge is 0.383 e. The van der Waals surface area contributed by atoms with E-state index < -0.39 is 0 Å². The maximum atomic E-state index is 13.3. The average molecular weight is 585 g/mol. The van der Waals surface area contributed by atoms with E-state index in [1.807, 2.05) is 40.7 Å². The van der Waals surface area contributed by atoms with E-state index >= 15 is 0 Å². The molecule has 1 saturated heterocycles. The standard InChI is InChI=1S/C35H32N6OS/c1-16(2)39-22-12-23(24-8-7-20-11-17(13-36)14-38-41(20)24)37-15-21(22)26-10-9-25(43-26)18-3-5-19(6-4-18)40-34(42)35-31-28-27-29(31)33(35)30(27)32(28)35/h3-8,11-12,14-16,25-33H,9-10H2,1-2H3,(H,37,39)(H,40,42). The third kappa shape index (κ3) is 2.86. The number of amides is 1. The van der Waals surface area contributed by atoms with Crippen LogP contribution >= 0.6 is 11.8 Å². The van der Waals surface area contributed by atoms with Gasteiger partial charge in [0, 0.05) is 39.7 Å². The molecule has 7 nitrogen and oxygen atoms in total. The van der Waals surface area contributed by atoms with E-state index in [1.54, 1.807) is 6.20 Å². The first kappa shape index (κ1) is 24.6. The second kappa shape index (κ2) is 8.21. The Hall–Kier alpha value is -3.83. The summed E-state index contributed by atoms with van der Waals surface area (Å²) in [6, 6.07) is 19.1. The number of hydrogen-bond donors (Lipinski definition) is 2. The normalized spacial score (nSPS) is 36.5. The maximum absolute atomic E-state index is 13.3. The van der Waals surface area contributed by atoms with Crippen LogP contribution < -0.4 is 10.6 Å². The van der Waals surface area contributed by atoms with Crippen LogP contribution in [0.4, 0.5) is 11.4 Å². The van der Waals surface area contributed by atoms with Gasteiger partial charge in [-0.25, -0.2) is 4.52 Å². The van der Waals surface area contributed by atoms with E-state index in [0.717, 1.165) is 82.5 Å². The zero-order valence-corrected chi connectivity index (χ0v) is 24.9. The number of carbonyl (C=O) groups excluding carboxylic acids is 1. The van der Waals surface area contributed by atoms with Gasteiger partial charge in [-0.3, -0.25) is 9.78 Å². The van der Waals surface area contributed by atoms with Gasteiger partial charge in [0.25, 0.3) is 0 Å². The number of pyridine rings is 1. The van der Waals surface area contributed by atoms with Gasteiger partial charge in [0.1, 0.15) is 6.07 Å². The van der Waals surface area contributed by atoms with Crippen molar-refractivity contribution >= 4 is 34.6 Å². The molecule has 214 valence electrons. The predicted molar refractivity (Wildman–Crippen MR) is 166 cm³/mol. The fourth-order valence-electron chi connectivity index (χ4n) is 10.6. The van der Waals surface area contributed by atoms with Crippen LogP contribution in [0.15, 0.2) is 60.9 Å². The number of fused-ring (bicyclic) bond motifs is 1. The second-order valence-electron chi connectivity index (χ2n) is 14.0. The number of hydrogen-bond acceptors (Lipinski definition) is 6. The zero-order chi connectivity index (χ0) is 28.8. The van der Waals surface area contributed by atoms with Crippen molar-refractivity contribution in [2.24, 2.45) is 46.8 Å². The minimum Gasteiger partial charge on any atom is -0.383 e. The Morgan fingerprint density at radius 2 is 1.74 bits per heavy atom. The molecule has 4 aromatic rings. The lowest BCUT2D eigenvalue weighted by molar-refractivity contribution is -0.595. The lowest BCUT2D eigenvalue weighted by Gasteiger charge is -3.06. The first-order valence-corrected chi connectivity index (χ1v) is 16.6. The fourth-order valence-corrected chi connectivity index (χ4v) is 12.2. The van der Waals surface area contributed by atoms with Crippen molar-refractivity contribution in [3.63, 3.8) is 0 Å². The summed E-state index contributed by atoms with van der Waals surface area (Å²) < 4.78 is 1.84. The summed E-state index contributed by atoms with van der Waals surface area (Å²) in [5.74, 6) is 6.32. The highest BCUT2D eigenvalue weighted by Gasteiger charge is 3.06. The number of benzene rings is 1. The van der Waals surface area contributed by atoms with Crippen molar-refractivity contribution in [1.82, 2.24) is 14.6 Å². The molecular formula is C35H32N6OS. The smallest absolute Gasteiger partial charge is 0.231 e. The number of thioether (sulfide) groups is 1. The minimum absolute atomic E-state index is 0.0410. The van der Waals surface area contributed by atoms with Gasteiger partial charge >= 0.3 is 0 Å². The molecule has 4 heterocycles. The number of aromatic nitrogens is 3. The summed E-state index contributed by atoms with van der Waals surface area (Å²) in [7, 11) is 0. The number of carbonyl (C=O) groups is 1. The highest BCUT2D eigenvalue weighted by atomic mass is 32.2. The molecule has 0 radical (unpaired) electrons. The van der Waals surface area contributed by atoms with Crippen molar-refractivity contribution in [3.8, 4) is 17.5 Å². The molecule has 1 amide bonds. The summed E-state index contributed by atoms with van der Waals surface area (Å²) in [6.45, 7) is 4.32. The first-order chi connectivity index (χ1) is 21.0. The molecule has 3 aromatic heterocycles. The van der Waals surface area contributed by atoms with E-state index in [1.165, 1.54) is 11.1 Å². The first-order valence-electron chi connectivity index (χ1n) is 15.7. The number of nitrogens with one attached hydrogen (secondary N) is 2. The van der Waals surface area contributed by atoms with Crippen LogP contribution in [0.1, 0.15) is 53.9 Å². The number of anilines is 2. The summed E-state index contributed by atoms with van der Waals surface area (Å²) in [4.78, 5) is 18.2. The van der Waals surface area contributed by atoms with Gasteiger partial charge in [-0.05, 0) is 110 Å². The Bertz CT molecular complexity index is 1850. The molecule has 7 fully saturated rings. The minimum atomic E-state index is 0.0410. The van der Waals surface area contributed by atoms with Gasteiger partial charge in [0.05, 0.1) is 34.1 Å². The molecule has 2 unspecified atom stereocenters. The molecule has 0 bridgehead atoms. The lowest BCUT2D eigenvalue weighted by Crippen LogP contribution is -3.06. The monoisotopic (exact) mass is 584 g/mol. The van der Waals surface area contributed by atoms with Crippen LogP contribution in [0.2, 0.25) is 0 Å². The van der Waals surface area contributed by atoms with Gasteiger partial charge in [-0.1, -0.05) is 12.1 Å². The van der Waals surface area contributed by atoms with Crippen LogP contribution in [0.25, 0.3) is 16.9 Å². The Morgan fingerprint density at radius 3 is 2.47 bits per heavy atom. The summed E-state index contributed by atoms with van der Waals surface area (Å²) in [5.41, 5.74) is 7.84. The third-order valence-corrected chi connectivity index (χ3v) is 13.7. The van der Waals surface area contributed by atoms with Crippen LogP contribution in [0.5, 0.6) is 0 Å². The molecule has 0 spiro atoms. The van der Waals surface area contributed by atoms with Crippen molar-refractivity contribution in [3.05, 3.63) is 77.6 Å². The Labute approximate surface area is 254 Å². The van der Waals surface area contributed by atoms with E-state index in [0.29, 0.717) is 22.0 Å². The molecular weight excluding hydrogens is 552 g/mol. The molecule has 1 aliphatic heterocycles. The van der Waals surface area contributed by atoms with Crippen molar-refractivity contribution < 1.29 is 4.79 Å². The van der Waals surface area contributed by atoms with Gasteiger partial charge in [0.15, 0.2) is 0 Å². The third-order valence-electron chi connectivity index (χ3n) is 12.0. The molecule has 2 N–H and O–H groups in total. The highest BCUT2D eigenvalue weighted by molar-refractivity contribution is 8.00. The molecule has 6 aliphatic carbocycles. The van der Waals surface area contributed by atoms with Crippen molar-refractivity contribution in [2.75, 3.05) is 10.6 Å². The lowest BCUT2D eigenvalue weighted by atomic mass is 8.96. The SMILES string of the molecule is CC(C)Nc1cc(-c2ccc3cc(C#N)cnn23)ncc1C1CCC(c2ccc(NC(=O)C34C5C6C7C5C3C7C64)cc2)S1.